The van der Waals surface area contributed by atoms with Crippen molar-refractivity contribution in [2.75, 3.05) is 26.2 Å². The van der Waals surface area contributed by atoms with E-state index in [2.05, 4.69) is 47.6 Å². The number of piperazine rings is 1. The Morgan fingerprint density at radius 2 is 2.00 bits per heavy atom. The molecule has 1 fully saturated rings. The smallest absolute Gasteiger partial charge is 0.0873 e. The molecule has 1 N–H and O–H groups in total. The molecule has 3 nitrogen and oxygen atoms in total. The zero-order valence-electron chi connectivity index (χ0n) is 12.1. The SMILES string of the molecule is Cc1ccc(C(c2sccc2C)N2CCNCC2)nc1. The number of rotatable bonds is 3. The maximum absolute atomic E-state index is 4.70. The van der Waals surface area contributed by atoms with Crippen molar-refractivity contribution in [3.8, 4) is 0 Å². The Hall–Kier alpha value is -1.23. The van der Waals surface area contributed by atoms with Crippen molar-refractivity contribution in [3.63, 3.8) is 0 Å². The van der Waals surface area contributed by atoms with Crippen LogP contribution in [0.3, 0.4) is 0 Å². The molecule has 1 unspecified atom stereocenters. The number of pyridine rings is 1. The summed E-state index contributed by atoms with van der Waals surface area (Å²) in [6, 6.07) is 6.86. The van der Waals surface area contributed by atoms with Gasteiger partial charge in [0.1, 0.15) is 0 Å². The zero-order chi connectivity index (χ0) is 13.9. The topological polar surface area (TPSA) is 28.2 Å². The van der Waals surface area contributed by atoms with Gasteiger partial charge in [0.25, 0.3) is 0 Å². The van der Waals surface area contributed by atoms with Gasteiger partial charge in [-0.3, -0.25) is 9.88 Å². The highest BCUT2D eigenvalue weighted by Crippen LogP contribution is 2.33. The highest BCUT2D eigenvalue weighted by atomic mass is 32.1. The predicted octanol–water partition coefficient (Wildman–Crippen LogP) is 2.75. The summed E-state index contributed by atoms with van der Waals surface area (Å²) in [7, 11) is 0. The van der Waals surface area contributed by atoms with Gasteiger partial charge < -0.3 is 5.32 Å². The van der Waals surface area contributed by atoms with Crippen molar-refractivity contribution in [2.24, 2.45) is 0 Å². The Morgan fingerprint density at radius 3 is 2.60 bits per heavy atom. The number of aryl methyl sites for hydroxylation is 2. The van der Waals surface area contributed by atoms with E-state index in [1.165, 1.54) is 21.7 Å². The molecule has 0 amide bonds. The first kappa shape index (κ1) is 13.7. The van der Waals surface area contributed by atoms with E-state index >= 15 is 0 Å². The molecular formula is C16H21N3S. The maximum Gasteiger partial charge on any atom is 0.0873 e. The molecule has 20 heavy (non-hydrogen) atoms. The minimum Gasteiger partial charge on any atom is -0.314 e. The molecule has 2 aromatic rings. The van der Waals surface area contributed by atoms with E-state index < -0.39 is 0 Å². The van der Waals surface area contributed by atoms with Crippen LogP contribution in [-0.4, -0.2) is 36.1 Å². The summed E-state index contributed by atoms with van der Waals surface area (Å²) in [5, 5.41) is 5.62. The monoisotopic (exact) mass is 287 g/mol. The summed E-state index contributed by atoms with van der Waals surface area (Å²) in [6.45, 7) is 8.58. The minimum absolute atomic E-state index is 0.303. The molecule has 1 aliphatic heterocycles. The molecule has 106 valence electrons. The van der Waals surface area contributed by atoms with Crippen LogP contribution in [0.2, 0.25) is 0 Å². The third-order valence-corrected chi connectivity index (χ3v) is 4.95. The molecule has 3 rings (SSSR count). The van der Waals surface area contributed by atoms with Crippen molar-refractivity contribution >= 4 is 11.3 Å². The van der Waals surface area contributed by atoms with Crippen molar-refractivity contribution in [2.45, 2.75) is 19.9 Å². The van der Waals surface area contributed by atoms with Gasteiger partial charge in [-0.05, 0) is 42.5 Å². The fraction of sp³-hybridized carbons (Fsp3) is 0.438. The Labute approximate surface area is 124 Å². The Balaban J connectivity index is 1.98. The molecule has 2 aromatic heterocycles. The van der Waals surface area contributed by atoms with Crippen LogP contribution < -0.4 is 5.32 Å². The van der Waals surface area contributed by atoms with Gasteiger partial charge in [0.2, 0.25) is 0 Å². The number of hydrogen-bond donors (Lipinski definition) is 1. The summed E-state index contributed by atoms with van der Waals surface area (Å²) >= 11 is 1.85. The number of hydrogen-bond acceptors (Lipinski definition) is 4. The zero-order valence-corrected chi connectivity index (χ0v) is 12.9. The van der Waals surface area contributed by atoms with Gasteiger partial charge in [-0.15, -0.1) is 11.3 Å². The summed E-state index contributed by atoms with van der Waals surface area (Å²) in [5.41, 5.74) is 3.76. The van der Waals surface area contributed by atoms with Crippen LogP contribution in [0, 0.1) is 13.8 Å². The third kappa shape index (κ3) is 2.77. The standard InChI is InChI=1S/C16H21N3S/c1-12-3-4-14(18-11-12)15(16-13(2)5-10-20-16)19-8-6-17-7-9-19/h3-5,10-11,15,17H,6-9H2,1-2H3. The van der Waals surface area contributed by atoms with Crippen molar-refractivity contribution in [1.82, 2.24) is 15.2 Å². The molecule has 1 saturated heterocycles. The maximum atomic E-state index is 4.70. The highest BCUT2D eigenvalue weighted by molar-refractivity contribution is 7.10. The first-order valence-electron chi connectivity index (χ1n) is 7.17. The average molecular weight is 287 g/mol. The normalized spacial score (nSPS) is 18.1. The lowest BCUT2D eigenvalue weighted by Crippen LogP contribution is -2.45. The van der Waals surface area contributed by atoms with Crippen molar-refractivity contribution < 1.29 is 0 Å². The van der Waals surface area contributed by atoms with E-state index in [0.717, 1.165) is 26.2 Å². The first-order valence-corrected chi connectivity index (χ1v) is 8.05. The van der Waals surface area contributed by atoms with Gasteiger partial charge in [0.15, 0.2) is 0 Å². The largest absolute Gasteiger partial charge is 0.314 e. The second-order valence-corrected chi connectivity index (χ2v) is 6.36. The molecule has 0 radical (unpaired) electrons. The summed E-state index contributed by atoms with van der Waals surface area (Å²) < 4.78 is 0. The molecule has 1 aliphatic rings. The minimum atomic E-state index is 0.303. The van der Waals surface area contributed by atoms with E-state index in [-0.39, 0.29) is 0 Å². The van der Waals surface area contributed by atoms with Crippen LogP contribution in [0.25, 0.3) is 0 Å². The van der Waals surface area contributed by atoms with Gasteiger partial charge in [-0.2, -0.15) is 0 Å². The molecule has 4 heteroatoms. The molecule has 0 bridgehead atoms. The second kappa shape index (κ2) is 6.04. The van der Waals surface area contributed by atoms with Gasteiger partial charge in [-0.25, -0.2) is 0 Å². The molecule has 0 spiro atoms. The lowest BCUT2D eigenvalue weighted by Gasteiger charge is -2.34. The van der Waals surface area contributed by atoms with Gasteiger partial charge in [-0.1, -0.05) is 6.07 Å². The number of thiophene rings is 1. The fourth-order valence-electron chi connectivity index (χ4n) is 2.73. The first-order chi connectivity index (χ1) is 9.75. The number of nitrogens with one attached hydrogen (secondary N) is 1. The summed E-state index contributed by atoms with van der Waals surface area (Å²) in [6.07, 6.45) is 1.98. The fourth-order valence-corrected chi connectivity index (χ4v) is 3.80. The van der Waals surface area contributed by atoms with Gasteiger partial charge >= 0.3 is 0 Å². The van der Waals surface area contributed by atoms with Crippen LogP contribution in [0.5, 0.6) is 0 Å². The number of aromatic nitrogens is 1. The molecule has 0 aromatic carbocycles. The molecule has 0 aliphatic carbocycles. The van der Waals surface area contributed by atoms with E-state index in [1.807, 2.05) is 17.5 Å². The lowest BCUT2D eigenvalue weighted by atomic mass is 10.0. The highest BCUT2D eigenvalue weighted by Gasteiger charge is 2.26. The summed E-state index contributed by atoms with van der Waals surface area (Å²) in [4.78, 5) is 8.68. The van der Waals surface area contributed by atoms with Crippen LogP contribution in [0.4, 0.5) is 0 Å². The van der Waals surface area contributed by atoms with Crippen LogP contribution in [0.1, 0.15) is 27.7 Å². The second-order valence-electron chi connectivity index (χ2n) is 5.42. The van der Waals surface area contributed by atoms with Crippen LogP contribution >= 0.6 is 11.3 Å². The third-order valence-electron chi connectivity index (χ3n) is 3.88. The van der Waals surface area contributed by atoms with Crippen molar-refractivity contribution in [3.05, 3.63) is 51.5 Å². The molecule has 3 heterocycles. The van der Waals surface area contributed by atoms with E-state index in [9.17, 15) is 0 Å². The van der Waals surface area contributed by atoms with Gasteiger partial charge in [0, 0.05) is 37.3 Å². The van der Waals surface area contributed by atoms with E-state index in [0.29, 0.717) is 6.04 Å². The predicted molar refractivity (Wildman–Crippen MR) is 84.3 cm³/mol. The van der Waals surface area contributed by atoms with E-state index in [1.54, 1.807) is 0 Å². The van der Waals surface area contributed by atoms with Crippen LogP contribution in [-0.2, 0) is 0 Å². The quantitative estimate of drug-likeness (QED) is 0.941. The van der Waals surface area contributed by atoms with Crippen LogP contribution in [0.15, 0.2) is 29.8 Å². The molecule has 1 atom stereocenters. The van der Waals surface area contributed by atoms with Gasteiger partial charge in [0.05, 0.1) is 11.7 Å². The Morgan fingerprint density at radius 1 is 1.20 bits per heavy atom. The molecule has 0 saturated carbocycles. The lowest BCUT2D eigenvalue weighted by molar-refractivity contribution is 0.197. The summed E-state index contributed by atoms with van der Waals surface area (Å²) in [5.74, 6) is 0. The van der Waals surface area contributed by atoms with Crippen molar-refractivity contribution in [1.29, 1.82) is 0 Å². The molecular weight excluding hydrogens is 266 g/mol. The Bertz CT molecular complexity index is 555. The number of nitrogens with zero attached hydrogens (tertiary/aromatic N) is 2. The van der Waals surface area contributed by atoms with E-state index in [4.69, 9.17) is 4.98 Å². The average Bonchev–Trinajstić information content (AvgIpc) is 2.89. The Kier molecular flexibility index (Phi) is 4.15.